The third-order valence-corrected chi connectivity index (χ3v) is 4.97. The second-order valence-corrected chi connectivity index (χ2v) is 8.30. The smallest absolute Gasteiger partial charge is 0.246 e. The van der Waals surface area contributed by atoms with Crippen molar-refractivity contribution >= 4 is 17.3 Å². The van der Waals surface area contributed by atoms with Crippen LogP contribution >= 0.6 is 0 Å². The molecular formula is C23H26N4O4. The number of carbonyl (C=O) groups excluding carboxylic acids is 1. The Hall–Kier alpha value is -3.55. The molecule has 1 aliphatic rings. The first-order chi connectivity index (χ1) is 14.9. The standard InChI is InChI=1S/C23H26N4O4/c1-23(2,3)22(28)27-11-12-30-19-10-9-15(13-17(19)27)24-14-20-25-21(26-31-20)16-7-5-6-8-18(16)29-4/h5-10,13,24H,11-12,14H2,1-4H3. The number of ether oxygens (including phenoxy) is 2. The molecule has 0 atom stereocenters. The van der Waals surface area contributed by atoms with Gasteiger partial charge in [-0.05, 0) is 30.3 Å². The largest absolute Gasteiger partial charge is 0.496 e. The van der Waals surface area contributed by atoms with Crippen LogP contribution in [-0.4, -0.2) is 36.3 Å². The average Bonchev–Trinajstić information content (AvgIpc) is 3.25. The lowest BCUT2D eigenvalue weighted by Gasteiger charge is -2.34. The van der Waals surface area contributed by atoms with Crippen LogP contribution in [0.5, 0.6) is 11.5 Å². The van der Waals surface area contributed by atoms with E-state index in [1.807, 2.05) is 63.2 Å². The van der Waals surface area contributed by atoms with Crippen molar-refractivity contribution in [3.63, 3.8) is 0 Å². The summed E-state index contributed by atoms with van der Waals surface area (Å²) in [5.41, 5.74) is 1.88. The number of anilines is 2. The number of methoxy groups -OCH3 is 1. The molecule has 0 saturated carbocycles. The fourth-order valence-corrected chi connectivity index (χ4v) is 3.39. The lowest BCUT2D eigenvalue weighted by Crippen LogP contribution is -2.44. The number of para-hydroxylation sites is 1. The van der Waals surface area contributed by atoms with Crippen molar-refractivity contribution in [2.75, 3.05) is 30.5 Å². The number of nitrogens with zero attached hydrogens (tertiary/aromatic N) is 3. The van der Waals surface area contributed by atoms with Crippen molar-refractivity contribution in [2.24, 2.45) is 5.41 Å². The van der Waals surface area contributed by atoms with Gasteiger partial charge in [0, 0.05) is 11.1 Å². The number of hydrogen-bond donors (Lipinski definition) is 1. The molecule has 0 fully saturated rings. The van der Waals surface area contributed by atoms with Crippen molar-refractivity contribution in [1.29, 1.82) is 0 Å². The molecule has 8 heteroatoms. The van der Waals surface area contributed by atoms with Gasteiger partial charge in [0.2, 0.25) is 17.6 Å². The average molecular weight is 422 g/mol. The van der Waals surface area contributed by atoms with Crippen molar-refractivity contribution in [3.05, 3.63) is 48.4 Å². The van der Waals surface area contributed by atoms with Gasteiger partial charge in [0.15, 0.2) is 0 Å². The molecule has 0 bridgehead atoms. The van der Waals surface area contributed by atoms with Crippen LogP contribution in [0.1, 0.15) is 26.7 Å². The summed E-state index contributed by atoms with van der Waals surface area (Å²) in [6.45, 7) is 7.10. The summed E-state index contributed by atoms with van der Waals surface area (Å²) in [5, 5.41) is 7.34. The summed E-state index contributed by atoms with van der Waals surface area (Å²) in [6.07, 6.45) is 0. The zero-order chi connectivity index (χ0) is 22.0. The second-order valence-electron chi connectivity index (χ2n) is 8.30. The van der Waals surface area contributed by atoms with Crippen LogP contribution in [0.2, 0.25) is 0 Å². The molecule has 3 aromatic rings. The van der Waals surface area contributed by atoms with Gasteiger partial charge in [0.1, 0.15) is 18.1 Å². The van der Waals surface area contributed by atoms with E-state index in [1.54, 1.807) is 12.0 Å². The minimum Gasteiger partial charge on any atom is -0.496 e. The van der Waals surface area contributed by atoms with Crippen molar-refractivity contribution in [1.82, 2.24) is 10.1 Å². The Kier molecular flexibility index (Phi) is 5.54. The summed E-state index contributed by atoms with van der Waals surface area (Å²) in [7, 11) is 1.61. The van der Waals surface area contributed by atoms with E-state index in [1.165, 1.54) is 0 Å². The third kappa shape index (κ3) is 4.33. The molecule has 162 valence electrons. The van der Waals surface area contributed by atoms with Gasteiger partial charge < -0.3 is 24.2 Å². The first-order valence-electron chi connectivity index (χ1n) is 10.2. The van der Waals surface area contributed by atoms with Crippen LogP contribution in [0.25, 0.3) is 11.4 Å². The highest BCUT2D eigenvalue weighted by atomic mass is 16.5. The molecule has 1 aromatic heterocycles. The van der Waals surface area contributed by atoms with Gasteiger partial charge in [-0.25, -0.2) is 0 Å². The second kappa shape index (κ2) is 8.29. The number of benzene rings is 2. The number of carbonyl (C=O) groups is 1. The first kappa shape index (κ1) is 20.7. The molecule has 8 nitrogen and oxygen atoms in total. The zero-order valence-corrected chi connectivity index (χ0v) is 18.1. The molecule has 1 N–H and O–H groups in total. The number of aromatic nitrogens is 2. The monoisotopic (exact) mass is 422 g/mol. The van der Waals surface area contributed by atoms with E-state index in [4.69, 9.17) is 14.0 Å². The molecule has 1 aliphatic heterocycles. The zero-order valence-electron chi connectivity index (χ0n) is 18.1. The Morgan fingerprint density at radius 3 is 2.81 bits per heavy atom. The number of fused-ring (bicyclic) bond motifs is 1. The van der Waals surface area contributed by atoms with E-state index in [0.717, 1.165) is 16.9 Å². The molecule has 4 rings (SSSR count). The van der Waals surface area contributed by atoms with Gasteiger partial charge in [-0.2, -0.15) is 4.98 Å². The van der Waals surface area contributed by atoms with Gasteiger partial charge in [-0.3, -0.25) is 4.79 Å². The topological polar surface area (TPSA) is 89.7 Å². The Morgan fingerprint density at radius 2 is 2.03 bits per heavy atom. The summed E-state index contributed by atoms with van der Waals surface area (Å²) < 4.78 is 16.5. The Labute approximate surface area is 181 Å². The maximum absolute atomic E-state index is 12.9. The minimum absolute atomic E-state index is 0.0625. The maximum atomic E-state index is 12.9. The summed E-state index contributed by atoms with van der Waals surface area (Å²) in [6, 6.07) is 13.2. The van der Waals surface area contributed by atoms with Crippen LogP contribution in [0.15, 0.2) is 47.0 Å². The van der Waals surface area contributed by atoms with Gasteiger partial charge in [-0.15, -0.1) is 0 Å². The highest BCUT2D eigenvalue weighted by Crippen LogP contribution is 2.36. The van der Waals surface area contributed by atoms with Crippen molar-refractivity contribution in [2.45, 2.75) is 27.3 Å². The van der Waals surface area contributed by atoms with Crippen LogP contribution in [-0.2, 0) is 11.3 Å². The van der Waals surface area contributed by atoms with E-state index in [9.17, 15) is 4.79 Å². The van der Waals surface area contributed by atoms with Gasteiger partial charge >= 0.3 is 0 Å². The van der Waals surface area contributed by atoms with Crippen LogP contribution in [0.4, 0.5) is 11.4 Å². The van der Waals surface area contributed by atoms with E-state index < -0.39 is 5.41 Å². The Balaban J connectivity index is 1.50. The highest BCUT2D eigenvalue weighted by molar-refractivity contribution is 5.99. The normalized spacial score (nSPS) is 13.4. The van der Waals surface area contributed by atoms with Crippen LogP contribution in [0.3, 0.4) is 0 Å². The van der Waals surface area contributed by atoms with Crippen molar-refractivity contribution < 1.29 is 18.8 Å². The Bertz CT molecular complexity index is 1090. The quantitative estimate of drug-likeness (QED) is 0.661. The molecule has 1 amide bonds. The Morgan fingerprint density at radius 1 is 1.23 bits per heavy atom. The fourth-order valence-electron chi connectivity index (χ4n) is 3.39. The van der Waals surface area contributed by atoms with Gasteiger partial charge in [0.25, 0.3) is 0 Å². The van der Waals surface area contributed by atoms with E-state index in [-0.39, 0.29) is 5.91 Å². The molecule has 0 radical (unpaired) electrons. The highest BCUT2D eigenvalue weighted by Gasteiger charge is 2.32. The number of hydrogen-bond acceptors (Lipinski definition) is 7. The molecule has 2 aromatic carbocycles. The molecule has 2 heterocycles. The minimum atomic E-state index is -0.475. The molecule has 31 heavy (non-hydrogen) atoms. The maximum Gasteiger partial charge on any atom is 0.246 e. The van der Waals surface area contributed by atoms with Crippen molar-refractivity contribution in [3.8, 4) is 22.9 Å². The SMILES string of the molecule is COc1ccccc1-c1noc(CNc2ccc3c(c2)N(C(=O)C(C)(C)C)CCO3)n1. The first-order valence-corrected chi connectivity index (χ1v) is 10.2. The molecule has 0 saturated heterocycles. The van der Waals surface area contributed by atoms with Gasteiger partial charge in [-0.1, -0.05) is 38.1 Å². The summed E-state index contributed by atoms with van der Waals surface area (Å²) >= 11 is 0. The predicted octanol–water partition coefficient (Wildman–Crippen LogP) is 4.13. The van der Waals surface area contributed by atoms with E-state index in [2.05, 4.69) is 15.5 Å². The predicted molar refractivity (Wildman–Crippen MR) is 117 cm³/mol. The summed E-state index contributed by atoms with van der Waals surface area (Å²) in [4.78, 5) is 19.1. The molecule has 0 aliphatic carbocycles. The number of amides is 1. The van der Waals surface area contributed by atoms with E-state index in [0.29, 0.717) is 42.9 Å². The van der Waals surface area contributed by atoms with E-state index >= 15 is 0 Å². The molecule has 0 unspecified atom stereocenters. The van der Waals surface area contributed by atoms with Crippen LogP contribution in [0, 0.1) is 5.41 Å². The summed E-state index contributed by atoms with van der Waals surface area (Å²) in [5.74, 6) is 2.35. The molecular weight excluding hydrogens is 396 g/mol. The lowest BCUT2D eigenvalue weighted by atomic mass is 9.94. The number of rotatable bonds is 5. The third-order valence-electron chi connectivity index (χ3n) is 4.97. The molecule has 0 spiro atoms. The van der Waals surface area contributed by atoms with Crippen LogP contribution < -0.4 is 19.7 Å². The lowest BCUT2D eigenvalue weighted by molar-refractivity contribution is -0.126. The van der Waals surface area contributed by atoms with Gasteiger partial charge in [0.05, 0.1) is 31.5 Å². The number of nitrogens with one attached hydrogen (secondary N) is 1. The fraction of sp³-hybridized carbons (Fsp3) is 0.348.